The van der Waals surface area contributed by atoms with Gasteiger partial charge in [-0.25, -0.2) is 4.39 Å². The number of amides is 3. The summed E-state index contributed by atoms with van der Waals surface area (Å²) in [5.74, 6) is -4.34. The fourth-order valence-electron chi connectivity index (χ4n) is 5.84. The lowest BCUT2D eigenvalue weighted by Gasteiger charge is -2.38. The predicted octanol–water partition coefficient (Wildman–Crippen LogP) is 3.32. The number of aromatic nitrogens is 1. The van der Waals surface area contributed by atoms with Crippen molar-refractivity contribution in [2.75, 3.05) is 6.54 Å². The first kappa shape index (κ1) is 30.0. The van der Waals surface area contributed by atoms with Gasteiger partial charge in [0, 0.05) is 29.9 Å². The van der Waals surface area contributed by atoms with Gasteiger partial charge in [-0.05, 0) is 40.2 Å². The van der Waals surface area contributed by atoms with Crippen LogP contribution in [0.3, 0.4) is 0 Å². The largest absolute Gasteiger partial charge is 0.471 e. The zero-order valence-electron chi connectivity index (χ0n) is 22.7. The molecule has 13 heteroatoms. The Balaban J connectivity index is 1.66. The molecular formula is C27H33F4N5O3S. The lowest BCUT2D eigenvalue weighted by molar-refractivity contribution is -0.176. The highest BCUT2D eigenvalue weighted by atomic mass is 32.1. The van der Waals surface area contributed by atoms with Gasteiger partial charge in [-0.1, -0.05) is 40.7 Å². The summed E-state index contributed by atoms with van der Waals surface area (Å²) in [5.41, 5.74) is 5.26. The first-order valence-corrected chi connectivity index (χ1v) is 13.3. The highest BCUT2D eigenvalue weighted by molar-refractivity contribution is 7.80. The van der Waals surface area contributed by atoms with Crippen molar-refractivity contribution < 1.29 is 31.9 Å². The summed E-state index contributed by atoms with van der Waals surface area (Å²) in [6.07, 6.45) is -2.21. The molecule has 2 aliphatic rings. The molecule has 1 aliphatic heterocycles. The van der Waals surface area contributed by atoms with E-state index < -0.39 is 58.6 Å². The number of carbonyl (C=O) groups is 3. The third-order valence-corrected chi connectivity index (χ3v) is 8.43. The van der Waals surface area contributed by atoms with Crippen LogP contribution in [0.15, 0.2) is 30.6 Å². The highest BCUT2D eigenvalue weighted by Crippen LogP contribution is 2.65. The molecule has 8 nitrogen and oxygen atoms in total. The van der Waals surface area contributed by atoms with Crippen molar-refractivity contribution in [2.24, 2.45) is 28.4 Å². The molecule has 1 aromatic heterocycles. The summed E-state index contributed by atoms with van der Waals surface area (Å²) < 4.78 is 53.1. The number of carbonyl (C=O) groups excluding carboxylic acids is 3. The first-order valence-electron chi connectivity index (χ1n) is 12.8. The maximum Gasteiger partial charge on any atom is 0.471 e. The summed E-state index contributed by atoms with van der Waals surface area (Å²) >= 11 is 4.36. The molecule has 218 valence electrons. The Morgan fingerprint density at radius 1 is 1.15 bits per heavy atom. The van der Waals surface area contributed by atoms with Crippen LogP contribution < -0.4 is 16.4 Å². The molecule has 1 saturated heterocycles. The Morgan fingerprint density at radius 2 is 1.80 bits per heavy atom. The van der Waals surface area contributed by atoms with Gasteiger partial charge >= 0.3 is 12.1 Å². The minimum atomic E-state index is -5.18. The van der Waals surface area contributed by atoms with Gasteiger partial charge in [0.25, 0.3) is 0 Å². The number of halogens is 4. The van der Waals surface area contributed by atoms with E-state index in [1.807, 2.05) is 19.2 Å². The Kier molecular flexibility index (Phi) is 7.63. The fourth-order valence-corrected chi connectivity index (χ4v) is 6.08. The number of piperidine rings is 1. The summed E-state index contributed by atoms with van der Waals surface area (Å²) in [6.45, 7) is 8.68. The highest BCUT2D eigenvalue weighted by Gasteiger charge is 2.70. The Bertz CT molecular complexity index is 1340. The number of benzene rings is 1. The smallest absolute Gasteiger partial charge is 0.345 e. The van der Waals surface area contributed by atoms with Crippen molar-refractivity contribution in [1.29, 1.82) is 0 Å². The van der Waals surface area contributed by atoms with Crippen LogP contribution >= 0.6 is 12.6 Å². The molecule has 1 saturated carbocycles. The molecule has 2 fully saturated rings. The molecule has 1 aliphatic carbocycles. The van der Waals surface area contributed by atoms with Gasteiger partial charge in [-0.3, -0.25) is 19.4 Å². The lowest BCUT2D eigenvalue weighted by Crippen LogP contribution is -2.61. The fraction of sp³-hybridized carbons (Fsp3) is 0.556. The van der Waals surface area contributed by atoms with Crippen molar-refractivity contribution in [2.45, 2.75) is 64.3 Å². The molecule has 1 unspecified atom stereocenters. The quantitative estimate of drug-likeness (QED) is 0.237. The number of rotatable bonds is 6. The van der Waals surface area contributed by atoms with Crippen molar-refractivity contribution >= 4 is 41.1 Å². The lowest BCUT2D eigenvalue weighted by atomic mass is 9.85. The average Bonchev–Trinajstić information content (AvgIpc) is 3.16. The molecule has 0 spiro atoms. The second-order valence-corrected chi connectivity index (χ2v) is 12.8. The maximum absolute atomic E-state index is 13.9. The summed E-state index contributed by atoms with van der Waals surface area (Å²) in [6, 6.07) is 0.669. The number of hydrogen-bond acceptors (Lipinski definition) is 6. The number of nitrogens with one attached hydrogen (secondary N) is 2. The number of pyridine rings is 1. The van der Waals surface area contributed by atoms with Crippen LogP contribution in [0.4, 0.5) is 17.6 Å². The number of alkyl halides is 3. The topological polar surface area (TPSA) is 117 Å². The van der Waals surface area contributed by atoms with E-state index in [0.717, 1.165) is 0 Å². The second kappa shape index (κ2) is 10.2. The van der Waals surface area contributed by atoms with E-state index in [2.05, 4.69) is 22.9 Å². The molecule has 1 aromatic carbocycles. The van der Waals surface area contributed by atoms with E-state index in [4.69, 9.17) is 5.73 Å². The van der Waals surface area contributed by atoms with Gasteiger partial charge in [-0.2, -0.15) is 25.8 Å². The number of likely N-dealkylation sites (tertiary alicyclic amines) is 1. The number of thiol groups is 1. The number of fused-ring (bicyclic) bond motifs is 2. The number of nitrogens with zero attached hydrogens (tertiary/aromatic N) is 2. The molecule has 2 aromatic rings. The number of nitrogens with two attached hydrogens (primary N) is 1. The average molecular weight is 584 g/mol. The van der Waals surface area contributed by atoms with E-state index in [1.54, 1.807) is 6.07 Å². The zero-order chi connectivity index (χ0) is 29.9. The van der Waals surface area contributed by atoms with Crippen LogP contribution in [0, 0.1) is 28.5 Å². The Morgan fingerprint density at radius 3 is 2.38 bits per heavy atom. The Labute approximate surface area is 234 Å². The van der Waals surface area contributed by atoms with E-state index in [0.29, 0.717) is 16.3 Å². The van der Waals surface area contributed by atoms with Gasteiger partial charge < -0.3 is 21.3 Å². The molecule has 0 radical (unpaired) electrons. The van der Waals surface area contributed by atoms with Gasteiger partial charge in [0.15, 0.2) is 0 Å². The molecule has 0 bridgehead atoms. The third-order valence-electron chi connectivity index (χ3n) is 8.13. The van der Waals surface area contributed by atoms with Crippen LogP contribution in [0.1, 0.15) is 46.2 Å². The van der Waals surface area contributed by atoms with E-state index in [9.17, 15) is 31.9 Å². The van der Waals surface area contributed by atoms with Crippen LogP contribution in [-0.2, 0) is 14.4 Å². The first-order chi connectivity index (χ1) is 18.4. The molecule has 4 N–H and O–H groups in total. The van der Waals surface area contributed by atoms with Crippen LogP contribution in [-0.4, -0.2) is 57.8 Å². The third kappa shape index (κ3) is 5.50. The summed E-state index contributed by atoms with van der Waals surface area (Å²) in [7, 11) is 0. The van der Waals surface area contributed by atoms with Crippen molar-refractivity contribution in [3.8, 4) is 0 Å². The van der Waals surface area contributed by atoms with Gasteiger partial charge in [0.05, 0.1) is 11.4 Å². The van der Waals surface area contributed by atoms with E-state index in [-0.39, 0.29) is 23.8 Å². The van der Waals surface area contributed by atoms with Gasteiger partial charge in [0.1, 0.15) is 17.9 Å². The SMILES string of the molecule is CC(C)(C)[C@H](NC(=O)C(F)(F)F)C(=O)N1C[C@H]2[C@@H]([C@H]1C(=O)N[C@@H](c1cncc3cc(F)ccc13)C(N)S)C2(C)C. The predicted molar refractivity (Wildman–Crippen MR) is 143 cm³/mol. The molecule has 3 amide bonds. The Hall–Kier alpha value is -2.93. The molecular weight excluding hydrogens is 550 g/mol. The van der Waals surface area contributed by atoms with E-state index in [1.165, 1.54) is 50.2 Å². The van der Waals surface area contributed by atoms with Crippen molar-refractivity contribution in [1.82, 2.24) is 20.5 Å². The number of hydrogen-bond donors (Lipinski definition) is 4. The van der Waals surface area contributed by atoms with Crippen LogP contribution in [0.25, 0.3) is 10.8 Å². The van der Waals surface area contributed by atoms with E-state index >= 15 is 0 Å². The normalized spacial score (nSPS) is 24.2. The van der Waals surface area contributed by atoms with Gasteiger partial charge in [0.2, 0.25) is 11.8 Å². The summed E-state index contributed by atoms with van der Waals surface area (Å²) in [4.78, 5) is 44.8. The monoisotopic (exact) mass is 583 g/mol. The van der Waals surface area contributed by atoms with Crippen LogP contribution in [0.2, 0.25) is 0 Å². The zero-order valence-corrected chi connectivity index (χ0v) is 23.6. The summed E-state index contributed by atoms with van der Waals surface area (Å²) in [5, 5.41) is 4.87. The van der Waals surface area contributed by atoms with Crippen molar-refractivity contribution in [3.63, 3.8) is 0 Å². The maximum atomic E-state index is 13.9. The minimum absolute atomic E-state index is 0.0588. The minimum Gasteiger partial charge on any atom is -0.345 e. The van der Waals surface area contributed by atoms with Crippen molar-refractivity contribution in [3.05, 3.63) is 42.0 Å². The van der Waals surface area contributed by atoms with Gasteiger partial charge in [-0.15, -0.1) is 0 Å². The molecule has 6 atom stereocenters. The molecule has 4 rings (SSSR count). The second-order valence-electron chi connectivity index (χ2n) is 12.2. The standard InChI is InChI=1S/C27H33F4N5O3S/c1-25(2,3)20(35-24(39)27(29,30)31)23(38)36-11-16-17(26(16,4)5)19(36)22(37)34-18(21(32)40)15-10-33-9-12-8-13(28)6-7-14(12)15/h6-10,16-21,40H,11,32H2,1-5H3,(H,34,37)(H,35,39)/t16-,17-,18-,19-,20+,21?/m0/s1. The van der Waals surface area contributed by atoms with Crippen LogP contribution in [0.5, 0.6) is 0 Å². The molecule has 40 heavy (non-hydrogen) atoms. The molecule has 2 heterocycles.